The molecule has 0 aliphatic rings. The van der Waals surface area contributed by atoms with Crippen molar-refractivity contribution in [2.75, 3.05) is 5.73 Å². The van der Waals surface area contributed by atoms with E-state index in [-0.39, 0.29) is 0 Å². The van der Waals surface area contributed by atoms with Crippen molar-refractivity contribution in [1.29, 1.82) is 0 Å². The number of para-hydroxylation sites is 1. The monoisotopic (exact) mass is 267 g/mol. The Balaban J connectivity index is 2.13. The molecule has 3 rings (SSSR count). The van der Waals surface area contributed by atoms with Crippen molar-refractivity contribution >= 4 is 5.69 Å². The summed E-state index contributed by atoms with van der Waals surface area (Å²) in [7, 11) is 0. The molecule has 0 radical (unpaired) electrons. The van der Waals surface area contributed by atoms with E-state index in [2.05, 4.69) is 18.1 Å². The molecule has 0 fully saturated rings. The van der Waals surface area contributed by atoms with Crippen molar-refractivity contribution in [2.45, 2.75) is 20.8 Å². The molecule has 20 heavy (non-hydrogen) atoms. The van der Waals surface area contributed by atoms with Crippen molar-refractivity contribution in [3.8, 4) is 16.9 Å². The topological polar surface area (TPSA) is 57.0 Å². The second kappa shape index (κ2) is 4.56. The van der Waals surface area contributed by atoms with Crippen LogP contribution in [0.1, 0.15) is 17.1 Å². The van der Waals surface area contributed by atoms with E-state index in [1.807, 2.05) is 49.0 Å². The van der Waals surface area contributed by atoms with Crippen molar-refractivity contribution in [3.05, 3.63) is 53.6 Å². The Bertz CT molecular complexity index is 768. The van der Waals surface area contributed by atoms with Gasteiger partial charge in [-0.05, 0) is 38.5 Å². The molecule has 102 valence electrons. The molecule has 0 unspecified atom stereocenters. The third-order valence-corrected chi connectivity index (χ3v) is 3.40. The fourth-order valence-electron chi connectivity index (χ4n) is 2.41. The van der Waals surface area contributed by atoms with Crippen molar-refractivity contribution in [3.63, 3.8) is 0 Å². The Kier molecular flexibility index (Phi) is 2.86. The molecule has 2 N–H and O–H groups in total. The van der Waals surface area contributed by atoms with E-state index in [1.165, 1.54) is 0 Å². The van der Waals surface area contributed by atoms with Crippen molar-refractivity contribution < 1.29 is 4.42 Å². The van der Waals surface area contributed by atoms with Crippen LogP contribution in [0.25, 0.3) is 16.9 Å². The summed E-state index contributed by atoms with van der Waals surface area (Å²) in [5.74, 6) is 1.70. The summed E-state index contributed by atoms with van der Waals surface area (Å²) in [6.07, 6.45) is 1.85. The van der Waals surface area contributed by atoms with Crippen LogP contribution < -0.4 is 5.73 Å². The van der Waals surface area contributed by atoms with E-state index in [1.54, 1.807) is 0 Å². The van der Waals surface area contributed by atoms with E-state index < -0.39 is 0 Å². The normalized spacial score (nSPS) is 10.9. The van der Waals surface area contributed by atoms with Crippen LogP contribution in [0.15, 0.2) is 40.9 Å². The number of aryl methyl sites for hydroxylation is 3. The molecular formula is C16H17N3O. The lowest BCUT2D eigenvalue weighted by atomic mass is 10.1. The molecule has 0 spiro atoms. The van der Waals surface area contributed by atoms with Gasteiger partial charge in [-0.15, -0.1) is 0 Å². The fourth-order valence-corrected chi connectivity index (χ4v) is 2.41. The van der Waals surface area contributed by atoms with E-state index in [0.29, 0.717) is 5.69 Å². The Morgan fingerprint density at radius 2 is 1.90 bits per heavy atom. The first-order valence-corrected chi connectivity index (χ1v) is 6.55. The van der Waals surface area contributed by atoms with Crippen LogP contribution in [-0.2, 0) is 0 Å². The average molecular weight is 267 g/mol. The Morgan fingerprint density at radius 3 is 2.55 bits per heavy atom. The Hall–Kier alpha value is -2.49. The number of hydrogen-bond donors (Lipinski definition) is 1. The minimum Gasteiger partial charge on any atom is -0.466 e. The minimum absolute atomic E-state index is 0.650. The van der Waals surface area contributed by atoms with Gasteiger partial charge in [0.25, 0.3) is 0 Å². The van der Waals surface area contributed by atoms with E-state index in [9.17, 15) is 0 Å². The van der Waals surface area contributed by atoms with E-state index in [4.69, 9.17) is 10.2 Å². The lowest BCUT2D eigenvalue weighted by Gasteiger charge is -2.04. The summed E-state index contributed by atoms with van der Waals surface area (Å²) in [5, 5.41) is 4.62. The van der Waals surface area contributed by atoms with Gasteiger partial charge in [-0.3, -0.25) is 0 Å². The third-order valence-electron chi connectivity index (χ3n) is 3.40. The molecule has 3 aromatic rings. The van der Waals surface area contributed by atoms with Crippen molar-refractivity contribution in [1.82, 2.24) is 9.78 Å². The number of furan rings is 1. The van der Waals surface area contributed by atoms with E-state index in [0.717, 1.165) is 34.0 Å². The van der Waals surface area contributed by atoms with Crippen LogP contribution in [0.2, 0.25) is 0 Å². The summed E-state index contributed by atoms with van der Waals surface area (Å²) in [5.41, 5.74) is 10.7. The highest BCUT2D eigenvalue weighted by molar-refractivity contribution is 5.74. The van der Waals surface area contributed by atoms with Gasteiger partial charge >= 0.3 is 0 Å². The SMILES string of the molecule is Cc1cc(-c2nn(-c3ccccc3C)cc2N)c(C)o1. The number of rotatable bonds is 2. The number of aromatic nitrogens is 2. The van der Waals surface area contributed by atoms with Crippen molar-refractivity contribution in [2.24, 2.45) is 0 Å². The van der Waals surface area contributed by atoms with Crippen LogP contribution in [0.4, 0.5) is 5.69 Å². The highest BCUT2D eigenvalue weighted by Crippen LogP contribution is 2.30. The van der Waals surface area contributed by atoms with Gasteiger partial charge in [-0.1, -0.05) is 18.2 Å². The fraction of sp³-hybridized carbons (Fsp3) is 0.188. The lowest BCUT2D eigenvalue weighted by Crippen LogP contribution is -1.97. The van der Waals surface area contributed by atoms with Gasteiger partial charge in [0.1, 0.15) is 17.2 Å². The number of anilines is 1. The molecule has 0 bridgehead atoms. The summed E-state index contributed by atoms with van der Waals surface area (Å²) in [6.45, 7) is 5.90. The summed E-state index contributed by atoms with van der Waals surface area (Å²) >= 11 is 0. The lowest BCUT2D eigenvalue weighted by molar-refractivity contribution is 0.505. The largest absolute Gasteiger partial charge is 0.466 e. The van der Waals surface area contributed by atoms with Gasteiger partial charge in [0.2, 0.25) is 0 Å². The zero-order valence-corrected chi connectivity index (χ0v) is 11.8. The van der Waals surface area contributed by atoms with Crippen LogP contribution >= 0.6 is 0 Å². The standard InChI is InChI=1S/C16H17N3O/c1-10-6-4-5-7-15(10)19-9-14(17)16(18-19)13-8-11(2)20-12(13)3/h4-9H,17H2,1-3H3. The number of nitrogen functional groups attached to an aromatic ring is 1. The summed E-state index contributed by atoms with van der Waals surface area (Å²) in [4.78, 5) is 0. The minimum atomic E-state index is 0.650. The molecule has 0 aliphatic heterocycles. The predicted octanol–water partition coefficient (Wildman–Crippen LogP) is 3.64. The third kappa shape index (κ3) is 1.99. The number of nitrogens with zero attached hydrogens (tertiary/aromatic N) is 2. The maximum absolute atomic E-state index is 6.11. The maximum atomic E-state index is 6.11. The second-order valence-corrected chi connectivity index (χ2v) is 4.99. The Labute approximate surface area is 117 Å². The molecule has 0 aliphatic carbocycles. The molecule has 4 nitrogen and oxygen atoms in total. The second-order valence-electron chi connectivity index (χ2n) is 4.99. The molecule has 1 aromatic carbocycles. The highest BCUT2D eigenvalue weighted by Gasteiger charge is 2.15. The van der Waals surface area contributed by atoms with Gasteiger partial charge in [-0.2, -0.15) is 5.10 Å². The first-order valence-electron chi connectivity index (χ1n) is 6.55. The molecule has 0 saturated carbocycles. The van der Waals surface area contributed by atoms with Crippen LogP contribution in [0, 0.1) is 20.8 Å². The van der Waals surface area contributed by atoms with Gasteiger partial charge in [0.15, 0.2) is 0 Å². The molecule has 2 heterocycles. The first-order chi connectivity index (χ1) is 9.56. The zero-order valence-electron chi connectivity index (χ0n) is 11.8. The molecule has 0 amide bonds. The number of benzene rings is 1. The number of nitrogens with two attached hydrogens (primary N) is 1. The molecule has 4 heteroatoms. The van der Waals surface area contributed by atoms with Gasteiger partial charge < -0.3 is 10.2 Å². The highest BCUT2D eigenvalue weighted by atomic mass is 16.3. The molecular weight excluding hydrogens is 250 g/mol. The summed E-state index contributed by atoms with van der Waals surface area (Å²) in [6, 6.07) is 10.1. The Morgan fingerprint density at radius 1 is 1.15 bits per heavy atom. The van der Waals surface area contributed by atoms with Gasteiger partial charge in [0, 0.05) is 5.56 Å². The predicted molar refractivity (Wildman–Crippen MR) is 79.9 cm³/mol. The molecule has 0 saturated heterocycles. The molecule has 0 atom stereocenters. The van der Waals surface area contributed by atoms with Crippen LogP contribution in [-0.4, -0.2) is 9.78 Å². The average Bonchev–Trinajstić information content (AvgIpc) is 2.92. The smallest absolute Gasteiger partial charge is 0.119 e. The maximum Gasteiger partial charge on any atom is 0.119 e. The summed E-state index contributed by atoms with van der Waals surface area (Å²) < 4.78 is 7.38. The van der Waals surface area contributed by atoms with Gasteiger partial charge in [-0.25, -0.2) is 4.68 Å². The van der Waals surface area contributed by atoms with Crippen LogP contribution in [0.3, 0.4) is 0 Å². The quantitative estimate of drug-likeness (QED) is 0.771. The number of hydrogen-bond acceptors (Lipinski definition) is 3. The first kappa shape index (κ1) is 12.5. The molecule has 2 aromatic heterocycles. The van der Waals surface area contributed by atoms with E-state index >= 15 is 0 Å². The zero-order chi connectivity index (χ0) is 14.3. The van der Waals surface area contributed by atoms with Gasteiger partial charge in [0.05, 0.1) is 17.6 Å². The van der Waals surface area contributed by atoms with Crippen LogP contribution in [0.5, 0.6) is 0 Å².